The summed E-state index contributed by atoms with van der Waals surface area (Å²) < 4.78 is 18.0. The van der Waals surface area contributed by atoms with Crippen LogP contribution in [0.25, 0.3) is 22.2 Å². The number of hydrogen-bond acceptors (Lipinski definition) is 8. The number of pyridine rings is 2. The number of aromatic nitrogens is 2. The summed E-state index contributed by atoms with van der Waals surface area (Å²) in [7, 11) is 0. The normalized spacial score (nSPS) is 11.6. The summed E-state index contributed by atoms with van der Waals surface area (Å²) in [5.74, 6) is 0.121. The lowest BCUT2D eigenvalue weighted by Gasteiger charge is -2.24. The van der Waals surface area contributed by atoms with Crippen molar-refractivity contribution in [1.29, 1.82) is 0 Å². The molecule has 0 unspecified atom stereocenters. The highest BCUT2D eigenvalue weighted by Crippen LogP contribution is 2.38. The Balaban J connectivity index is 1.78. The lowest BCUT2D eigenvalue weighted by Crippen LogP contribution is -2.31. The number of carbonyl (C=O) groups excluding carboxylic acids is 3. The third-order valence-corrected chi connectivity index (χ3v) is 8.03. The zero-order valence-corrected chi connectivity index (χ0v) is 31.8. The van der Waals surface area contributed by atoms with Crippen molar-refractivity contribution in [3.63, 3.8) is 0 Å². The van der Waals surface area contributed by atoms with Crippen molar-refractivity contribution in [2.45, 2.75) is 99.1 Å². The molecule has 0 atom stereocenters. The van der Waals surface area contributed by atoms with E-state index < -0.39 is 23.3 Å². The predicted octanol–water partition coefficient (Wildman–Crippen LogP) is 9.21. The molecule has 0 spiro atoms. The first-order valence-electron chi connectivity index (χ1n) is 17.6. The molecular weight excluding hydrogens is 662 g/mol. The number of amides is 3. The van der Waals surface area contributed by atoms with E-state index in [-0.39, 0.29) is 36.1 Å². The second-order valence-electron chi connectivity index (χ2n) is 14.5. The molecule has 278 valence electrons. The Kier molecular flexibility index (Phi) is 12.7. The Morgan fingerprint density at radius 3 is 2.10 bits per heavy atom. The minimum Gasteiger partial charge on any atom is -0.493 e. The van der Waals surface area contributed by atoms with E-state index in [1.165, 1.54) is 6.92 Å². The van der Waals surface area contributed by atoms with Crippen molar-refractivity contribution in [1.82, 2.24) is 9.55 Å². The highest BCUT2D eigenvalue weighted by atomic mass is 16.6. The zero-order valence-electron chi connectivity index (χ0n) is 31.8. The van der Waals surface area contributed by atoms with Gasteiger partial charge in [0.15, 0.2) is 0 Å². The van der Waals surface area contributed by atoms with Gasteiger partial charge in [0, 0.05) is 47.9 Å². The van der Waals surface area contributed by atoms with Gasteiger partial charge in [0.2, 0.25) is 0 Å². The molecule has 12 nitrogen and oxygen atoms in total. The van der Waals surface area contributed by atoms with Gasteiger partial charge in [-0.05, 0) is 99.5 Å². The third-order valence-electron chi connectivity index (χ3n) is 8.03. The van der Waals surface area contributed by atoms with Gasteiger partial charge in [0.1, 0.15) is 22.7 Å². The number of rotatable bonds is 12. The molecule has 3 amide bonds. The lowest BCUT2D eigenvalue weighted by molar-refractivity contribution is -0.141. The first-order valence-corrected chi connectivity index (χ1v) is 17.6. The van der Waals surface area contributed by atoms with Crippen molar-refractivity contribution in [2.75, 3.05) is 29.2 Å². The van der Waals surface area contributed by atoms with E-state index >= 15 is 0 Å². The van der Waals surface area contributed by atoms with E-state index in [0.717, 1.165) is 11.1 Å². The van der Waals surface area contributed by atoms with Gasteiger partial charge in [-0.25, -0.2) is 14.6 Å². The maximum Gasteiger partial charge on any atom is 0.412 e. The number of ether oxygens (including phenoxy) is 3. The minimum atomic E-state index is -0.669. The van der Waals surface area contributed by atoms with Crippen LogP contribution in [0.1, 0.15) is 105 Å². The van der Waals surface area contributed by atoms with Gasteiger partial charge >= 0.3 is 18.1 Å². The van der Waals surface area contributed by atoms with Crippen LogP contribution in [0.15, 0.2) is 59.5 Å². The van der Waals surface area contributed by atoms with Crippen LogP contribution < -0.4 is 26.2 Å². The molecule has 0 fully saturated rings. The fourth-order valence-corrected chi connectivity index (χ4v) is 5.84. The predicted molar refractivity (Wildman–Crippen MR) is 206 cm³/mol. The molecule has 2 aromatic carbocycles. The van der Waals surface area contributed by atoms with Crippen LogP contribution in [0, 0.1) is 0 Å². The Hall–Kier alpha value is -5.39. The van der Waals surface area contributed by atoms with Gasteiger partial charge in [-0.1, -0.05) is 39.8 Å². The van der Waals surface area contributed by atoms with Crippen LogP contribution in [0.2, 0.25) is 0 Å². The fraction of sp³-hybridized carbons (Fsp3) is 0.425. The Morgan fingerprint density at radius 1 is 0.846 bits per heavy atom. The molecule has 3 N–H and O–H groups in total. The van der Waals surface area contributed by atoms with Crippen LogP contribution in [0.4, 0.5) is 26.7 Å². The largest absolute Gasteiger partial charge is 0.493 e. The molecular formula is C40H51N5O7. The van der Waals surface area contributed by atoms with Crippen molar-refractivity contribution in [3.8, 4) is 16.9 Å². The van der Waals surface area contributed by atoms with Crippen LogP contribution >= 0.6 is 0 Å². The number of fused-ring (bicyclic) bond motifs is 1. The molecule has 0 saturated carbocycles. The molecule has 2 heterocycles. The number of carbonyl (C=O) groups is 3. The molecule has 12 heteroatoms. The van der Waals surface area contributed by atoms with Gasteiger partial charge in [-0.3, -0.25) is 19.5 Å². The number of nitrogens with zero attached hydrogens (tertiary/aromatic N) is 2. The number of hydrogen-bond donors (Lipinski definition) is 3. The first kappa shape index (κ1) is 39.4. The van der Waals surface area contributed by atoms with Gasteiger partial charge < -0.3 is 24.8 Å². The smallest absolute Gasteiger partial charge is 0.412 e. The molecule has 0 aliphatic rings. The first-order chi connectivity index (χ1) is 24.5. The Morgan fingerprint density at radius 2 is 1.50 bits per heavy atom. The summed E-state index contributed by atoms with van der Waals surface area (Å²) in [6.07, 6.45) is 1.56. The average molecular weight is 714 g/mol. The maximum atomic E-state index is 14.3. The van der Waals surface area contributed by atoms with E-state index in [0.29, 0.717) is 52.3 Å². The summed E-state index contributed by atoms with van der Waals surface area (Å²) in [6.45, 7) is 19.1. The summed E-state index contributed by atoms with van der Waals surface area (Å²) >= 11 is 0. The molecule has 2 aromatic heterocycles. The van der Waals surface area contributed by atoms with E-state index in [4.69, 9.17) is 14.2 Å². The Labute approximate surface area is 305 Å². The quantitative estimate of drug-likeness (QED) is 0.0972. The molecule has 52 heavy (non-hydrogen) atoms. The van der Waals surface area contributed by atoms with E-state index in [2.05, 4.69) is 20.9 Å². The van der Waals surface area contributed by atoms with E-state index in [9.17, 15) is 19.2 Å². The topological polar surface area (TPSA) is 150 Å². The SMILES string of the molecule is CC(=O)OCCCOc1cccc(-c2c(NC(=O)Nc3c(C(C)C)cc(NC(=O)OC(C)(C)C)cc3C(C)C)c(=O)n(C(C)C)c3ncccc23)c1. The van der Waals surface area contributed by atoms with Crippen molar-refractivity contribution in [2.24, 2.45) is 0 Å². The van der Waals surface area contributed by atoms with Crippen molar-refractivity contribution < 1.29 is 28.6 Å². The number of urea groups is 1. The molecule has 0 aliphatic heterocycles. The summed E-state index contributed by atoms with van der Waals surface area (Å²) in [5.41, 5.74) is 3.36. The summed E-state index contributed by atoms with van der Waals surface area (Å²) in [5, 5.41) is 9.47. The maximum absolute atomic E-state index is 14.3. The number of benzene rings is 2. The lowest BCUT2D eigenvalue weighted by atomic mass is 9.91. The Bertz CT molecular complexity index is 1960. The van der Waals surface area contributed by atoms with Crippen molar-refractivity contribution in [3.05, 3.63) is 76.2 Å². The minimum absolute atomic E-state index is 0.0366. The molecule has 0 aliphatic carbocycles. The molecule has 4 rings (SSSR count). The average Bonchev–Trinajstić information content (AvgIpc) is 3.04. The highest BCUT2D eigenvalue weighted by molar-refractivity contribution is 6.08. The molecule has 0 saturated heterocycles. The van der Waals surface area contributed by atoms with Crippen LogP contribution in [-0.2, 0) is 14.3 Å². The van der Waals surface area contributed by atoms with Crippen LogP contribution in [0.5, 0.6) is 5.75 Å². The van der Waals surface area contributed by atoms with Gasteiger partial charge in [0.25, 0.3) is 5.56 Å². The van der Waals surface area contributed by atoms with Crippen LogP contribution in [-0.4, -0.2) is 46.5 Å². The zero-order chi connectivity index (χ0) is 38.3. The van der Waals surface area contributed by atoms with Crippen LogP contribution in [0.3, 0.4) is 0 Å². The van der Waals surface area contributed by atoms with Crippen molar-refractivity contribution >= 4 is 46.2 Å². The summed E-state index contributed by atoms with van der Waals surface area (Å²) in [4.78, 5) is 56.8. The second-order valence-corrected chi connectivity index (χ2v) is 14.5. The van der Waals surface area contributed by atoms with Gasteiger partial charge in [0.05, 0.1) is 13.2 Å². The monoisotopic (exact) mass is 713 g/mol. The summed E-state index contributed by atoms with van der Waals surface area (Å²) in [6, 6.07) is 13.7. The standard InChI is InChI=1S/C40H51N5O7/c1-23(2)31-21-28(42-39(49)52-40(8,9)10)22-32(24(3)4)34(31)43-38(48)44-35-33(30-16-12-17-41-36(30)45(25(5)6)37(35)47)27-14-11-15-29(20-27)51-19-13-18-50-26(7)46/h11-12,14-17,20-25H,13,18-19H2,1-10H3,(H,42,49)(H2,43,44,48). The second kappa shape index (κ2) is 16.8. The molecule has 4 aromatic rings. The number of nitrogens with one attached hydrogen (secondary N) is 3. The van der Waals surface area contributed by atoms with E-state index in [1.807, 2.05) is 71.9 Å². The third kappa shape index (κ3) is 9.89. The fourth-order valence-electron chi connectivity index (χ4n) is 5.84. The molecule has 0 bridgehead atoms. The van der Waals surface area contributed by atoms with E-state index in [1.54, 1.807) is 49.7 Å². The van der Waals surface area contributed by atoms with Gasteiger partial charge in [-0.2, -0.15) is 0 Å². The number of esters is 1. The highest BCUT2D eigenvalue weighted by Gasteiger charge is 2.25. The molecule has 0 radical (unpaired) electrons. The van der Waals surface area contributed by atoms with Gasteiger partial charge in [-0.15, -0.1) is 0 Å². The number of anilines is 3.